The van der Waals surface area contributed by atoms with Gasteiger partial charge in [0.25, 0.3) is 5.56 Å². The van der Waals surface area contributed by atoms with Gasteiger partial charge in [0.15, 0.2) is 0 Å². The van der Waals surface area contributed by atoms with Crippen LogP contribution in [0.3, 0.4) is 0 Å². The van der Waals surface area contributed by atoms with Crippen molar-refractivity contribution in [2.45, 2.75) is 59.2 Å². The maximum Gasteiger partial charge on any atom is 0.332 e. The number of nitrogens with zero attached hydrogens (tertiary/aromatic N) is 2. The van der Waals surface area contributed by atoms with Crippen molar-refractivity contribution in [2.75, 3.05) is 5.73 Å². The Balaban J connectivity index is 2.10. The molecule has 0 saturated carbocycles. The van der Waals surface area contributed by atoms with Crippen molar-refractivity contribution in [1.82, 2.24) is 9.13 Å². The van der Waals surface area contributed by atoms with Crippen LogP contribution in [-0.2, 0) is 22.6 Å². The van der Waals surface area contributed by atoms with Crippen LogP contribution in [0.25, 0.3) is 0 Å². The van der Waals surface area contributed by atoms with Gasteiger partial charge in [0.2, 0.25) is 0 Å². The van der Waals surface area contributed by atoms with Gasteiger partial charge in [-0.1, -0.05) is 29.8 Å². The molecule has 2 aromatic rings. The fraction of sp³-hybridized carbons (Fsp3) is 0.450. The Morgan fingerprint density at radius 3 is 2.59 bits per heavy atom. The number of carbonyl (C=O) groups is 1. The zero-order valence-corrected chi connectivity index (χ0v) is 16.1. The number of hydrogen-bond acceptors (Lipinski definition) is 5. The van der Waals surface area contributed by atoms with E-state index in [1.165, 1.54) is 22.1 Å². The largest absolute Gasteiger partial charge is 0.463 e. The van der Waals surface area contributed by atoms with Gasteiger partial charge in [0, 0.05) is 19.5 Å². The highest BCUT2D eigenvalue weighted by Crippen LogP contribution is 2.08. The van der Waals surface area contributed by atoms with Crippen LogP contribution in [0.4, 0.5) is 5.82 Å². The molecule has 2 rings (SSSR count). The van der Waals surface area contributed by atoms with E-state index in [1.807, 2.05) is 38.1 Å². The van der Waals surface area contributed by atoms with Crippen LogP contribution in [0.5, 0.6) is 0 Å². The smallest absolute Gasteiger partial charge is 0.332 e. The molecule has 27 heavy (non-hydrogen) atoms. The molecule has 0 saturated heterocycles. The first kappa shape index (κ1) is 20.5. The Morgan fingerprint density at radius 2 is 1.93 bits per heavy atom. The summed E-state index contributed by atoms with van der Waals surface area (Å²) in [5.74, 6) is -0.150. The maximum atomic E-state index is 12.8. The van der Waals surface area contributed by atoms with Crippen LogP contribution in [0.15, 0.2) is 39.9 Å². The van der Waals surface area contributed by atoms with Crippen molar-refractivity contribution in [3.05, 3.63) is 62.3 Å². The number of nitrogen functional groups attached to an aromatic ring is 1. The predicted molar refractivity (Wildman–Crippen MR) is 105 cm³/mol. The number of hydrogen-bond donors (Lipinski definition) is 1. The number of aromatic nitrogens is 2. The van der Waals surface area contributed by atoms with Gasteiger partial charge in [0.1, 0.15) is 5.82 Å². The first-order valence-electron chi connectivity index (χ1n) is 9.11. The van der Waals surface area contributed by atoms with Crippen LogP contribution in [0, 0.1) is 6.92 Å². The molecule has 1 aromatic carbocycles. The summed E-state index contributed by atoms with van der Waals surface area (Å²) in [6, 6.07) is 9.10. The summed E-state index contributed by atoms with van der Waals surface area (Å²) in [7, 11) is 0. The summed E-state index contributed by atoms with van der Waals surface area (Å²) in [5, 5.41) is 0. The molecule has 0 aliphatic carbocycles. The molecular formula is C20H27N3O4. The van der Waals surface area contributed by atoms with E-state index in [-0.39, 0.29) is 17.9 Å². The lowest BCUT2D eigenvalue weighted by molar-refractivity contribution is -0.145. The monoisotopic (exact) mass is 373 g/mol. The first-order valence-corrected chi connectivity index (χ1v) is 9.11. The summed E-state index contributed by atoms with van der Waals surface area (Å²) in [4.78, 5) is 35.9. The molecule has 1 heterocycles. The minimum atomic E-state index is -0.408. The van der Waals surface area contributed by atoms with E-state index >= 15 is 0 Å². The number of benzene rings is 1. The Kier molecular flexibility index (Phi) is 6.98. The van der Waals surface area contributed by atoms with Crippen LogP contribution < -0.4 is 17.0 Å². The van der Waals surface area contributed by atoms with Crippen LogP contribution >= 0.6 is 0 Å². The fourth-order valence-electron chi connectivity index (χ4n) is 3.03. The third-order valence-corrected chi connectivity index (χ3v) is 4.34. The second-order valence-corrected chi connectivity index (χ2v) is 6.83. The number of nitrogens with two attached hydrogens (primary N) is 1. The summed E-state index contributed by atoms with van der Waals surface area (Å²) in [5.41, 5.74) is 7.15. The van der Waals surface area contributed by atoms with E-state index in [0.717, 1.165) is 17.5 Å². The minimum Gasteiger partial charge on any atom is -0.463 e. The SMILES string of the molecule is CC(=O)OC(C)CCCCn1c(=O)cc(N)n(Cc2cccc(C)c2)c1=O. The van der Waals surface area contributed by atoms with Crippen molar-refractivity contribution < 1.29 is 9.53 Å². The van der Waals surface area contributed by atoms with Crippen molar-refractivity contribution in [3.63, 3.8) is 0 Å². The number of ether oxygens (including phenoxy) is 1. The third-order valence-electron chi connectivity index (χ3n) is 4.34. The molecular weight excluding hydrogens is 346 g/mol. The molecule has 0 aliphatic rings. The predicted octanol–water partition coefficient (Wildman–Crippen LogP) is 2.07. The molecule has 146 valence electrons. The van der Waals surface area contributed by atoms with Gasteiger partial charge in [-0.3, -0.25) is 18.7 Å². The van der Waals surface area contributed by atoms with Gasteiger partial charge in [-0.05, 0) is 38.7 Å². The lowest BCUT2D eigenvalue weighted by atomic mass is 10.1. The maximum absolute atomic E-state index is 12.8. The molecule has 1 atom stereocenters. The fourth-order valence-corrected chi connectivity index (χ4v) is 3.03. The van der Waals surface area contributed by atoms with E-state index < -0.39 is 11.2 Å². The molecule has 0 fully saturated rings. The average molecular weight is 373 g/mol. The zero-order chi connectivity index (χ0) is 20.0. The van der Waals surface area contributed by atoms with E-state index in [9.17, 15) is 14.4 Å². The quantitative estimate of drug-likeness (QED) is 0.564. The molecule has 1 aromatic heterocycles. The van der Waals surface area contributed by atoms with E-state index in [4.69, 9.17) is 10.5 Å². The van der Waals surface area contributed by atoms with Gasteiger partial charge < -0.3 is 10.5 Å². The summed E-state index contributed by atoms with van der Waals surface area (Å²) in [6.45, 7) is 5.80. The van der Waals surface area contributed by atoms with Gasteiger partial charge in [-0.25, -0.2) is 4.79 Å². The highest BCUT2D eigenvalue weighted by molar-refractivity contribution is 5.66. The Labute approximate surface area is 158 Å². The topological polar surface area (TPSA) is 96.3 Å². The first-order chi connectivity index (χ1) is 12.8. The van der Waals surface area contributed by atoms with Crippen LogP contribution in [-0.4, -0.2) is 21.2 Å². The lowest BCUT2D eigenvalue weighted by Gasteiger charge is -2.14. The second kappa shape index (κ2) is 9.21. The van der Waals surface area contributed by atoms with Crippen molar-refractivity contribution in [3.8, 4) is 0 Å². The van der Waals surface area contributed by atoms with Gasteiger partial charge >= 0.3 is 11.7 Å². The van der Waals surface area contributed by atoms with Crippen molar-refractivity contribution in [2.24, 2.45) is 0 Å². The third kappa shape index (κ3) is 5.84. The summed E-state index contributed by atoms with van der Waals surface area (Å²) < 4.78 is 7.70. The molecule has 7 heteroatoms. The highest BCUT2D eigenvalue weighted by Gasteiger charge is 2.11. The number of aryl methyl sites for hydroxylation is 1. The summed E-state index contributed by atoms with van der Waals surface area (Å²) >= 11 is 0. The van der Waals surface area contributed by atoms with Crippen molar-refractivity contribution in [1.29, 1.82) is 0 Å². The lowest BCUT2D eigenvalue weighted by Crippen LogP contribution is -2.40. The van der Waals surface area contributed by atoms with Gasteiger partial charge in [-0.15, -0.1) is 0 Å². The molecule has 2 N–H and O–H groups in total. The summed E-state index contributed by atoms with van der Waals surface area (Å²) in [6.07, 6.45) is 1.88. The Bertz CT molecular complexity index is 914. The van der Waals surface area contributed by atoms with Crippen molar-refractivity contribution >= 4 is 11.8 Å². The molecule has 0 spiro atoms. The zero-order valence-electron chi connectivity index (χ0n) is 16.1. The normalized spacial score (nSPS) is 12.0. The highest BCUT2D eigenvalue weighted by atomic mass is 16.5. The van der Waals surface area contributed by atoms with Crippen LogP contribution in [0.2, 0.25) is 0 Å². The molecule has 0 radical (unpaired) electrons. The van der Waals surface area contributed by atoms with Crippen LogP contribution in [0.1, 0.15) is 44.2 Å². The second-order valence-electron chi connectivity index (χ2n) is 6.83. The number of carbonyl (C=O) groups excluding carboxylic acids is 1. The number of rotatable bonds is 8. The van der Waals surface area contributed by atoms with E-state index in [2.05, 4.69) is 0 Å². The Morgan fingerprint density at radius 1 is 1.19 bits per heavy atom. The molecule has 1 unspecified atom stereocenters. The molecule has 0 aliphatic heterocycles. The standard InChI is InChI=1S/C20H27N3O4/c1-14-7-6-9-17(11-14)13-23-18(21)12-19(25)22(20(23)26)10-5-4-8-15(2)27-16(3)24/h6-7,9,11-12,15H,4-5,8,10,13,21H2,1-3H3. The number of unbranched alkanes of at least 4 members (excludes halogenated alkanes) is 1. The van der Waals surface area contributed by atoms with E-state index in [0.29, 0.717) is 25.9 Å². The van der Waals surface area contributed by atoms with Gasteiger partial charge in [0.05, 0.1) is 12.6 Å². The number of anilines is 1. The number of esters is 1. The van der Waals surface area contributed by atoms with Gasteiger partial charge in [-0.2, -0.15) is 0 Å². The molecule has 0 amide bonds. The Hall–Kier alpha value is -2.83. The molecule has 0 bridgehead atoms. The molecule has 7 nitrogen and oxygen atoms in total. The minimum absolute atomic E-state index is 0.159. The average Bonchev–Trinajstić information content (AvgIpc) is 2.57. The van der Waals surface area contributed by atoms with E-state index in [1.54, 1.807) is 0 Å².